The molecule has 0 spiro atoms. The maximum Gasteiger partial charge on any atom is 0.323 e. The molecular formula is C11H11BrO4. The van der Waals surface area contributed by atoms with Crippen molar-refractivity contribution in [1.29, 1.82) is 0 Å². The monoisotopic (exact) mass is 286 g/mol. The van der Waals surface area contributed by atoms with Crippen molar-refractivity contribution in [3.63, 3.8) is 0 Å². The molecule has 0 radical (unpaired) electrons. The van der Waals surface area contributed by atoms with Crippen LogP contribution < -0.4 is 0 Å². The Kier molecular flexibility index (Phi) is 4.98. The predicted octanol–water partition coefficient (Wildman–Crippen LogP) is 1.84. The van der Waals surface area contributed by atoms with Crippen LogP contribution in [0.5, 0.6) is 0 Å². The van der Waals surface area contributed by atoms with Gasteiger partial charge in [-0.3, -0.25) is 9.59 Å². The first-order chi connectivity index (χ1) is 7.70. The number of alkyl halides is 1. The van der Waals surface area contributed by atoms with E-state index in [1.165, 1.54) is 7.11 Å². The molecule has 1 aromatic rings. The lowest BCUT2D eigenvalue weighted by atomic mass is 10.1. The smallest absolute Gasteiger partial charge is 0.323 e. The number of esters is 1. The van der Waals surface area contributed by atoms with Crippen molar-refractivity contribution in [2.75, 3.05) is 7.11 Å². The fraction of sp³-hybridized carbons (Fsp3) is 0.273. The fourth-order valence-corrected chi connectivity index (χ4v) is 1.87. The lowest BCUT2D eigenvalue weighted by Crippen LogP contribution is -2.25. The Hall–Kier alpha value is -1.36. The normalized spacial score (nSPS) is 13.6. The number of hydrogen-bond donors (Lipinski definition) is 0. The molecule has 1 aromatic carbocycles. The van der Waals surface area contributed by atoms with Gasteiger partial charge in [-0.1, -0.05) is 46.3 Å². The number of carbonyl (C=O) groups excluding carboxylic acids is 2. The molecule has 0 aromatic heterocycles. The quantitative estimate of drug-likeness (QED) is 0.471. The number of rotatable bonds is 5. The van der Waals surface area contributed by atoms with E-state index in [0.717, 1.165) is 5.56 Å². The van der Waals surface area contributed by atoms with E-state index < -0.39 is 16.9 Å². The molecule has 1 rings (SSSR count). The van der Waals surface area contributed by atoms with Gasteiger partial charge in [0.05, 0.1) is 7.11 Å². The summed E-state index contributed by atoms with van der Waals surface area (Å²) >= 11 is 3.15. The van der Waals surface area contributed by atoms with Crippen molar-refractivity contribution in [2.24, 2.45) is 0 Å². The van der Waals surface area contributed by atoms with Crippen LogP contribution in [-0.4, -0.2) is 24.4 Å². The lowest BCUT2D eigenvalue weighted by molar-refractivity contribution is -0.145. The minimum absolute atomic E-state index is 0.314. The highest BCUT2D eigenvalue weighted by Crippen LogP contribution is 2.26. The van der Waals surface area contributed by atoms with Crippen LogP contribution in [0.4, 0.5) is 0 Å². The highest BCUT2D eigenvalue weighted by Gasteiger charge is 2.29. The zero-order valence-corrected chi connectivity index (χ0v) is 10.2. The summed E-state index contributed by atoms with van der Waals surface area (Å²) in [6.07, 6.45) is -0.689. The number of ether oxygens (including phenoxy) is 2. The topological polar surface area (TPSA) is 52.6 Å². The summed E-state index contributed by atoms with van der Waals surface area (Å²) in [4.78, 5) is 21.0. The molecule has 0 fully saturated rings. The van der Waals surface area contributed by atoms with Crippen molar-refractivity contribution >= 4 is 28.4 Å². The summed E-state index contributed by atoms with van der Waals surface area (Å²) in [5.74, 6) is -0.490. The molecule has 5 heteroatoms. The minimum Gasteiger partial charge on any atom is -0.468 e. The molecule has 4 nitrogen and oxygen atoms in total. The van der Waals surface area contributed by atoms with Gasteiger partial charge in [0.1, 0.15) is 6.10 Å². The average Bonchev–Trinajstić information content (AvgIpc) is 2.35. The molecule has 0 unspecified atom stereocenters. The summed E-state index contributed by atoms with van der Waals surface area (Å²) < 4.78 is 9.46. The fourth-order valence-electron chi connectivity index (χ4n) is 1.26. The number of hydrogen-bond acceptors (Lipinski definition) is 4. The standard InChI is InChI=1S/C11H11BrO4/c1-15-11(14)9(12)10(16-7-13)8-5-3-2-4-6-8/h2-7,9-10H,1H3/t9-,10-/m0/s1. The van der Waals surface area contributed by atoms with Gasteiger partial charge < -0.3 is 9.47 Å². The van der Waals surface area contributed by atoms with Crippen LogP contribution in [0.1, 0.15) is 11.7 Å². The van der Waals surface area contributed by atoms with Crippen LogP contribution in [0.25, 0.3) is 0 Å². The third-order valence-electron chi connectivity index (χ3n) is 2.02. The number of methoxy groups -OCH3 is 1. The largest absolute Gasteiger partial charge is 0.468 e. The van der Waals surface area contributed by atoms with Gasteiger partial charge in [-0.25, -0.2) is 0 Å². The van der Waals surface area contributed by atoms with Crippen LogP contribution in [0.3, 0.4) is 0 Å². The van der Waals surface area contributed by atoms with E-state index >= 15 is 0 Å². The van der Waals surface area contributed by atoms with Gasteiger partial charge >= 0.3 is 5.97 Å². The maximum absolute atomic E-state index is 11.3. The highest BCUT2D eigenvalue weighted by molar-refractivity contribution is 9.10. The SMILES string of the molecule is COC(=O)[C@@H](Br)[C@@H](OC=O)c1ccccc1. The molecule has 0 aliphatic heterocycles. The van der Waals surface area contributed by atoms with Crippen molar-refractivity contribution in [1.82, 2.24) is 0 Å². The molecular weight excluding hydrogens is 276 g/mol. The second-order valence-electron chi connectivity index (χ2n) is 2.99. The summed E-state index contributed by atoms with van der Waals surface area (Å²) in [6.45, 7) is 0.314. The predicted molar refractivity (Wildman–Crippen MR) is 61.1 cm³/mol. The van der Waals surface area contributed by atoms with Gasteiger partial charge in [0, 0.05) is 0 Å². The lowest BCUT2D eigenvalue weighted by Gasteiger charge is -2.19. The molecule has 16 heavy (non-hydrogen) atoms. The molecule has 0 heterocycles. The van der Waals surface area contributed by atoms with Gasteiger partial charge in [-0.15, -0.1) is 0 Å². The second-order valence-corrected chi connectivity index (χ2v) is 3.98. The molecule has 0 saturated carbocycles. The molecule has 0 N–H and O–H groups in total. The first-order valence-corrected chi connectivity index (χ1v) is 5.48. The van der Waals surface area contributed by atoms with Gasteiger partial charge in [0.15, 0.2) is 4.83 Å². The minimum atomic E-state index is -0.718. The van der Waals surface area contributed by atoms with E-state index in [0.29, 0.717) is 6.47 Å². The number of halogens is 1. The first-order valence-electron chi connectivity index (χ1n) is 4.56. The molecule has 0 aliphatic carbocycles. The Bertz CT molecular complexity index is 352. The summed E-state index contributed by atoms with van der Waals surface area (Å²) in [7, 11) is 1.28. The average molecular weight is 287 g/mol. The highest BCUT2D eigenvalue weighted by atomic mass is 79.9. The van der Waals surface area contributed by atoms with Crippen molar-refractivity contribution in [3.8, 4) is 0 Å². The van der Waals surface area contributed by atoms with Gasteiger partial charge in [-0.2, -0.15) is 0 Å². The van der Waals surface area contributed by atoms with Gasteiger partial charge in [0.2, 0.25) is 0 Å². The zero-order valence-electron chi connectivity index (χ0n) is 8.63. The van der Waals surface area contributed by atoms with E-state index in [-0.39, 0.29) is 0 Å². The van der Waals surface area contributed by atoms with E-state index in [4.69, 9.17) is 4.74 Å². The molecule has 0 aliphatic rings. The molecule has 0 amide bonds. The molecule has 0 bridgehead atoms. The van der Waals surface area contributed by atoms with E-state index in [9.17, 15) is 9.59 Å². The second kappa shape index (κ2) is 6.27. The third-order valence-corrected chi connectivity index (χ3v) is 2.88. The van der Waals surface area contributed by atoms with Crippen LogP contribution in [0.2, 0.25) is 0 Å². The van der Waals surface area contributed by atoms with Gasteiger partial charge in [0.25, 0.3) is 6.47 Å². The zero-order chi connectivity index (χ0) is 12.0. The van der Waals surface area contributed by atoms with Gasteiger partial charge in [-0.05, 0) is 5.56 Å². The van der Waals surface area contributed by atoms with Crippen LogP contribution in [-0.2, 0) is 19.1 Å². The molecule has 86 valence electrons. The Balaban J connectivity index is 2.91. The Morgan fingerprint density at radius 3 is 2.50 bits per heavy atom. The Morgan fingerprint density at radius 2 is 2.00 bits per heavy atom. The third kappa shape index (κ3) is 3.06. The summed E-state index contributed by atoms with van der Waals surface area (Å²) in [5, 5.41) is 0. The van der Waals surface area contributed by atoms with Crippen molar-refractivity contribution in [2.45, 2.75) is 10.9 Å². The summed E-state index contributed by atoms with van der Waals surface area (Å²) in [5.41, 5.74) is 0.724. The molecule has 2 atom stereocenters. The number of carbonyl (C=O) groups is 2. The van der Waals surface area contributed by atoms with Crippen LogP contribution in [0, 0.1) is 0 Å². The Morgan fingerprint density at radius 1 is 1.38 bits per heavy atom. The van der Waals surface area contributed by atoms with Crippen LogP contribution in [0.15, 0.2) is 30.3 Å². The first kappa shape index (κ1) is 12.7. The van der Waals surface area contributed by atoms with Crippen molar-refractivity contribution in [3.05, 3.63) is 35.9 Å². The molecule has 0 saturated heterocycles. The van der Waals surface area contributed by atoms with Crippen LogP contribution >= 0.6 is 15.9 Å². The summed E-state index contributed by atoms with van der Waals surface area (Å²) in [6, 6.07) is 8.97. The maximum atomic E-state index is 11.3. The Labute approximate surface area is 102 Å². The number of benzene rings is 1. The van der Waals surface area contributed by atoms with Crippen molar-refractivity contribution < 1.29 is 19.1 Å². The van der Waals surface area contributed by atoms with E-state index in [2.05, 4.69) is 20.7 Å². The van der Waals surface area contributed by atoms with E-state index in [1.54, 1.807) is 24.3 Å². The van der Waals surface area contributed by atoms with E-state index in [1.807, 2.05) is 6.07 Å².